The molecule has 0 atom stereocenters. The van der Waals surface area contributed by atoms with E-state index in [9.17, 15) is 0 Å². The van der Waals surface area contributed by atoms with Crippen LogP contribution in [0.5, 0.6) is 5.75 Å². The van der Waals surface area contributed by atoms with Crippen molar-refractivity contribution in [2.45, 2.75) is 20.1 Å². The maximum atomic E-state index is 6.32. The lowest BCUT2D eigenvalue weighted by Crippen LogP contribution is -2.05. The SMILES string of the molecule is Cc1cc(Br)ccc1NCc1c(OCc2ccc(Cl)cc2Cl)ccc2ccccc12. The van der Waals surface area contributed by atoms with Crippen LogP contribution in [0.2, 0.25) is 10.0 Å². The van der Waals surface area contributed by atoms with Crippen LogP contribution in [0, 0.1) is 6.92 Å². The topological polar surface area (TPSA) is 21.3 Å². The van der Waals surface area contributed by atoms with E-state index in [0.717, 1.165) is 27.0 Å². The van der Waals surface area contributed by atoms with Crippen LogP contribution < -0.4 is 10.1 Å². The third-order valence-electron chi connectivity index (χ3n) is 5.04. The lowest BCUT2D eigenvalue weighted by Gasteiger charge is -2.17. The zero-order chi connectivity index (χ0) is 21.1. The summed E-state index contributed by atoms with van der Waals surface area (Å²) in [6.45, 7) is 3.11. The fraction of sp³-hybridized carbons (Fsp3) is 0.120. The van der Waals surface area contributed by atoms with Gasteiger partial charge in [0.2, 0.25) is 0 Å². The van der Waals surface area contributed by atoms with Gasteiger partial charge in [-0.25, -0.2) is 0 Å². The van der Waals surface area contributed by atoms with Crippen LogP contribution in [0.1, 0.15) is 16.7 Å². The van der Waals surface area contributed by atoms with Gasteiger partial charge in [-0.15, -0.1) is 0 Å². The summed E-state index contributed by atoms with van der Waals surface area (Å²) in [5.41, 5.74) is 4.29. The standard InChI is InChI=1S/C25H20BrCl2NO/c1-16-12-19(26)8-10-24(16)29-14-22-21-5-3-2-4-17(21)7-11-25(22)30-15-18-6-9-20(27)13-23(18)28/h2-13,29H,14-15H2,1H3. The molecule has 0 aliphatic heterocycles. The second kappa shape index (κ2) is 9.30. The smallest absolute Gasteiger partial charge is 0.125 e. The average molecular weight is 501 g/mol. The van der Waals surface area contributed by atoms with Crippen LogP contribution in [-0.4, -0.2) is 0 Å². The molecular formula is C25H20BrCl2NO. The number of ether oxygens (including phenoxy) is 1. The molecule has 0 aliphatic carbocycles. The Morgan fingerprint density at radius 2 is 1.77 bits per heavy atom. The molecular weight excluding hydrogens is 481 g/mol. The highest BCUT2D eigenvalue weighted by Crippen LogP contribution is 2.31. The molecule has 4 aromatic carbocycles. The lowest BCUT2D eigenvalue weighted by atomic mass is 10.0. The summed E-state index contributed by atoms with van der Waals surface area (Å²) in [7, 11) is 0. The van der Waals surface area contributed by atoms with Crippen LogP contribution in [0.25, 0.3) is 10.8 Å². The Labute approximate surface area is 194 Å². The van der Waals surface area contributed by atoms with Crippen LogP contribution in [0.4, 0.5) is 5.69 Å². The Bertz CT molecular complexity index is 1210. The van der Waals surface area contributed by atoms with Crippen molar-refractivity contribution in [2.24, 2.45) is 0 Å². The maximum Gasteiger partial charge on any atom is 0.125 e. The third kappa shape index (κ3) is 4.75. The number of benzene rings is 4. The highest BCUT2D eigenvalue weighted by Gasteiger charge is 2.11. The second-order valence-electron chi connectivity index (χ2n) is 7.10. The molecule has 30 heavy (non-hydrogen) atoms. The van der Waals surface area contributed by atoms with Gasteiger partial charge in [0.1, 0.15) is 12.4 Å². The molecule has 4 rings (SSSR count). The zero-order valence-corrected chi connectivity index (χ0v) is 19.5. The van der Waals surface area contributed by atoms with Crippen molar-refractivity contribution in [1.82, 2.24) is 0 Å². The summed E-state index contributed by atoms with van der Waals surface area (Å²) in [4.78, 5) is 0. The van der Waals surface area contributed by atoms with Crippen LogP contribution in [0.3, 0.4) is 0 Å². The van der Waals surface area contributed by atoms with Crippen molar-refractivity contribution >= 4 is 55.6 Å². The normalized spacial score (nSPS) is 10.9. The summed E-state index contributed by atoms with van der Waals surface area (Å²) in [6, 6.07) is 24.1. The largest absolute Gasteiger partial charge is 0.488 e. The molecule has 2 nitrogen and oxygen atoms in total. The summed E-state index contributed by atoms with van der Waals surface area (Å²) >= 11 is 15.9. The van der Waals surface area contributed by atoms with E-state index in [-0.39, 0.29) is 0 Å². The van der Waals surface area contributed by atoms with Gasteiger partial charge in [0.15, 0.2) is 0 Å². The number of fused-ring (bicyclic) bond motifs is 1. The zero-order valence-electron chi connectivity index (χ0n) is 16.4. The fourth-order valence-electron chi connectivity index (χ4n) is 3.44. The maximum absolute atomic E-state index is 6.32. The van der Waals surface area contributed by atoms with E-state index >= 15 is 0 Å². The Morgan fingerprint density at radius 1 is 0.933 bits per heavy atom. The first kappa shape index (κ1) is 21.0. The van der Waals surface area contributed by atoms with E-state index in [1.165, 1.54) is 16.3 Å². The molecule has 0 spiro atoms. The number of hydrogen-bond acceptors (Lipinski definition) is 2. The van der Waals surface area contributed by atoms with E-state index in [0.29, 0.717) is 23.2 Å². The lowest BCUT2D eigenvalue weighted by molar-refractivity contribution is 0.304. The Balaban J connectivity index is 1.63. The van der Waals surface area contributed by atoms with Gasteiger partial charge in [0.25, 0.3) is 0 Å². The number of aryl methyl sites for hydroxylation is 1. The van der Waals surface area contributed by atoms with E-state index in [4.69, 9.17) is 27.9 Å². The van der Waals surface area contributed by atoms with Gasteiger partial charge in [-0.1, -0.05) is 75.5 Å². The minimum atomic E-state index is 0.374. The van der Waals surface area contributed by atoms with Crippen LogP contribution in [0.15, 0.2) is 77.3 Å². The van der Waals surface area contributed by atoms with Crippen molar-refractivity contribution in [2.75, 3.05) is 5.32 Å². The number of halogens is 3. The highest BCUT2D eigenvalue weighted by atomic mass is 79.9. The molecule has 0 saturated carbocycles. The van der Waals surface area contributed by atoms with Gasteiger partial charge in [0, 0.05) is 37.9 Å². The van der Waals surface area contributed by atoms with E-state index in [2.05, 4.69) is 64.6 Å². The fourth-order valence-corrected chi connectivity index (χ4v) is 4.38. The third-order valence-corrected chi connectivity index (χ3v) is 6.12. The Hall–Kier alpha value is -2.20. The highest BCUT2D eigenvalue weighted by molar-refractivity contribution is 9.10. The second-order valence-corrected chi connectivity index (χ2v) is 8.86. The molecule has 0 aromatic heterocycles. The van der Waals surface area contributed by atoms with Crippen molar-refractivity contribution in [3.63, 3.8) is 0 Å². The molecule has 1 N–H and O–H groups in total. The number of anilines is 1. The quantitative estimate of drug-likeness (QED) is 0.287. The van der Waals surface area contributed by atoms with Gasteiger partial charge in [-0.2, -0.15) is 0 Å². The molecule has 0 aliphatic rings. The van der Waals surface area contributed by atoms with Crippen molar-refractivity contribution < 1.29 is 4.74 Å². The molecule has 0 radical (unpaired) electrons. The minimum Gasteiger partial charge on any atom is -0.488 e. The van der Waals surface area contributed by atoms with E-state index < -0.39 is 0 Å². The first-order chi connectivity index (χ1) is 14.5. The Kier molecular flexibility index (Phi) is 6.52. The molecule has 0 amide bonds. The summed E-state index contributed by atoms with van der Waals surface area (Å²) in [5.74, 6) is 0.835. The average Bonchev–Trinajstić information content (AvgIpc) is 2.73. The molecule has 0 fully saturated rings. The molecule has 4 aromatic rings. The Morgan fingerprint density at radius 3 is 2.57 bits per heavy atom. The summed E-state index contributed by atoms with van der Waals surface area (Å²) < 4.78 is 7.28. The number of hydrogen-bond donors (Lipinski definition) is 1. The van der Waals surface area contributed by atoms with Gasteiger partial charge < -0.3 is 10.1 Å². The number of nitrogens with one attached hydrogen (secondary N) is 1. The monoisotopic (exact) mass is 499 g/mol. The molecule has 5 heteroatoms. The van der Waals surface area contributed by atoms with Gasteiger partial charge in [-0.05, 0) is 59.7 Å². The summed E-state index contributed by atoms with van der Waals surface area (Å²) in [6.07, 6.45) is 0. The predicted molar refractivity (Wildman–Crippen MR) is 131 cm³/mol. The van der Waals surface area contributed by atoms with Crippen LogP contribution >= 0.6 is 39.1 Å². The van der Waals surface area contributed by atoms with Gasteiger partial charge in [-0.3, -0.25) is 0 Å². The van der Waals surface area contributed by atoms with Crippen molar-refractivity contribution in [3.05, 3.63) is 104 Å². The minimum absolute atomic E-state index is 0.374. The first-order valence-electron chi connectivity index (χ1n) is 9.58. The predicted octanol–water partition coefficient (Wildman–Crippen LogP) is 8.41. The van der Waals surface area contributed by atoms with E-state index in [1.54, 1.807) is 6.07 Å². The molecule has 0 unspecified atom stereocenters. The first-order valence-corrected chi connectivity index (χ1v) is 11.1. The molecule has 152 valence electrons. The van der Waals surface area contributed by atoms with E-state index in [1.807, 2.05) is 30.3 Å². The number of rotatable bonds is 6. The molecule has 0 saturated heterocycles. The summed E-state index contributed by atoms with van der Waals surface area (Å²) in [5, 5.41) is 7.13. The van der Waals surface area contributed by atoms with Gasteiger partial charge >= 0.3 is 0 Å². The van der Waals surface area contributed by atoms with Gasteiger partial charge in [0.05, 0.1) is 0 Å². The van der Waals surface area contributed by atoms with Crippen molar-refractivity contribution in [1.29, 1.82) is 0 Å². The van der Waals surface area contributed by atoms with Crippen LogP contribution in [-0.2, 0) is 13.2 Å². The van der Waals surface area contributed by atoms with Crippen molar-refractivity contribution in [3.8, 4) is 5.75 Å². The molecule has 0 heterocycles. The molecule has 0 bridgehead atoms.